The van der Waals surface area contributed by atoms with Crippen LogP contribution in [0.15, 0.2) is 146 Å². The van der Waals surface area contributed by atoms with Crippen molar-refractivity contribution in [3.05, 3.63) is 157 Å². The van der Waals surface area contributed by atoms with Crippen LogP contribution in [0.5, 0.6) is 0 Å². The van der Waals surface area contributed by atoms with Crippen molar-refractivity contribution in [1.82, 2.24) is 0 Å². The summed E-state index contributed by atoms with van der Waals surface area (Å²) in [7, 11) is 0. The van der Waals surface area contributed by atoms with Crippen LogP contribution in [0.4, 0.5) is 0 Å². The summed E-state index contributed by atoms with van der Waals surface area (Å²) in [6, 6.07) is 55.7. The molecule has 5 atom stereocenters. The molecular weight excluding hydrogens is 645 g/mol. The molecule has 5 unspecified atom stereocenters. The first-order valence-corrected chi connectivity index (χ1v) is 20.3. The highest BCUT2D eigenvalue weighted by Gasteiger charge is 2.62. The summed E-state index contributed by atoms with van der Waals surface area (Å²) in [4.78, 5) is 0. The molecule has 0 saturated heterocycles. The smallest absolute Gasteiger partial charge is 0.0358 e. The van der Waals surface area contributed by atoms with E-state index in [0.717, 1.165) is 17.8 Å². The van der Waals surface area contributed by atoms with Crippen LogP contribution in [0, 0.1) is 23.7 Å². The molecule has 250 valence electrons. The lowest BCUT2D eigenvalue weighted by Gasteiger charge is -2.60. The van der Waals surface area contributed by atoms with Crippen molar-refractivity contribution in [1.29, 1.82) is 0 Å². The molecule has 52 heavy (non-hydrogen) atoms. The molecule has 1 aromatic heterocycles. The lowest BCUT2D eigenvalue weighted by molar-refractivity contribution is -0.0314. The lowest BCUT2D eigenvalue weighted by Crippen LogP contribution is -2.55. The van der Waals surface area contributed by atoms with Crippen molar-refractivity contribution >= 4 is 42.3 Å². The molecule has 3 fully saturated rings. The van der Waals surface area contributed by atoms with Gasteiger partial charge >= 0.3 is 0 Å². The highest BCUT2D eigenvalue weighted by atomic mass is 32.1. The molecule has 1 spiro atoms. The van der Waals surface area contributed by atoms with Crippen molar-refractivity contribution in [2.45, 2.75) is 43.9 Å². The van der Waals surface area contributed by atoms with E-state index in [-0.39, 0.29) is 5.41 Å². The van der Waals surface area contributed by atoms with Crippen LogP contribution in [0.25, 0.3) is 75.5 Å². The Balaban J connectivity index is 1.04. The predicted octanol–water partition coefficient (Wildman–Crippen LogP) is 14.3. The molecule has 0 radical (unpaired) electrons. The molecule has 4 aliphatic carbocycles. The van der Waals surface area contributed by atoms with Crippen LogP contribution < -0.4 is 0 Å². The Hall–Kier alpha value is -4.98. The first-order valence-electron chi connectivity index (χ1n) is 19.5. The van der Waals surface area contributed by atoms with E-state index in [2.05, 4.69) is 146 Å². The van der Waals surface area contributed by atoms with Crippen LogP contribution in [0.3, 0.4) is 0 Å². The zero-order valence-electron chi connectivity index (χ0n) is 29.3. The van der Waals surface area contributed by atoms with Gasteiger partial charge in [-0.15, -0.1) is 11.3 Å². The number of hydrogen-bond acceptors (Lipinski definition) is 1. The quantitative estimate of drug-likeness (QED) is 0.174. The molecule has 8 aromatic rings. The van der Waals surface area contributed by atoms with Crippen LogP contribution in [0.2, 0.25) is 0 Å². The number of benzene rings is 7. The maximum atomic E-state index is 2.67. The molecular formula is C51H40S. The molecule has 12 rings (SSSR count). The first-order chi connectivity index (χ1) is 25.7. The van der Waals surface area contributed by atoms with Crippen molar-refractivity contribution in [3.8, 4) is 44.5 Å². The van der Waals surface area contributed by atoms with E-state index in [1.807, 2.05) is 11.3 Å². The Kier molecular flexibility index (Phi) is 6.27. The van der Waals surface area contributed by atoms with Gasteiger partial charge in [0, 0.05) is 25.6 Å². The maximum absolute atomic E-state index is 2.67. The fourth-order valence-corrected chi connectivity index (χ4v) is 13.1. The second-order valence-electron chi connectivity index (χ2n) is 16.3. The Morgan fingerprint density at radius 1 is 0.481 bits per heavy atom. The van der Waals surface area contributed by atoms with Crippen LogP contribution in [0.1, 0.15) is 49.7 Å². The van der Waals surface area contributed by atoms with E-state index < -0.39 is 0 Å². The maximum Gasteiger partial charge on any atom is 0.0358 e. The van der Waals surface area contributed by atoms with Gasteiger partial charge in [0.1, 0.15) is 0 Å². The summed E-state index contributed by atoms with van der Waals surface area (Å²) < 4.78 is 2.90. The topological polar surface area (TPSA) is 0 Å². The van der Waals surface area contributed by atoms with Crippen LogP contribution in [-0.4, -0.2) is 0 Å². The SMILES string of the molecule is c1cc(-c2ccc3c(c2)C2(c4c-3ccc3sc5ccccc5c43)C3CCC4CCC(C3)CC42)cc(-c2ccccc2-c2ccc3ccccc3c2)c1. The average Bonchev–Trinajstić information content (AvgIpc) is 3.71. The van der Waals surface area contributed by atoms with Crippen molar-refractivity contribution in [2.24, 2.45) is 23.7 Å². The van der Waals surface area contributed by atoms with E-state index in [4.69, 9.17) is 0 Å². The van der Waals surface area contributed by atoms with E-state index in [9.17, 15) is 0 Å². The molecule has 1 heteroatoms. The van der Waals surface area contributed by atoms with Gasteiger partial charge in [0.05, 0.1) is 0 Å². The molecule has 0 nitrogen and oxygen atoms in total. The zero-order valence-corrected chi connectivity index (χ0v) is 30.1. The lowest BCUT2D eigenvalue weighted by atomic mass is 9.43. The Bertz CT molecular complexity index is 2740. The van der Waals surface area contributed by atoms with E-state index in [1.54, 1.807) is 16.5 Å². The fourth-order valence-electron chi connectivity index (χ4n) is 12.0. The van der Waals surface area contributed by atoms with Gasteiger partial charge in [-0.05, 0) is 153 Å². The van der Waals surface area contributed by atoms with Gasteiger partial charge in [0.15, 0.2) is 0 Å². The summed E-state index contributed by atoms with van der Waals surface area (Å²) in [5, 5.41) is 5.60. The van der Waals surface area contributed by atoms with Gasteiger partial charge in [-0.25, -0.2) is 0 Å². The highest BCUT2D eigenvalue weighted by Crippen LogP contribution is 2.70. The second kappa shape index (κ2) is 11.0. The number of thiophene rings is 1. The molecule has 0 N–H and O–H groups in total. The van der Waals surface area contributed by atoms with Gasteiger partial charge in [-0.1, -0.05) is 122 Å². The summed E-state index contributed by atoms with van der Waals surface area (Å²) >= 11 is 2.00. The predicted molar refractivity (Wildman–Crippen MR) is 221 cm³/mol. The summed E-state index contributed by atoms with van der Waals surface area (Å²) in [6.07, 6.45) is 8.47. The highest BCUT2D eigenvalue weighted by molar-refractivity contribution is 7.25. The molecule has 4 aliphatic rings. The first kappa shape index (κ1) is 29.6. The summed E-state index contributed by atoms with van der Waals surface area (Å²) in [5.41, 5.74) is 14.3. The van der Waals surface area contributed by atoms with E-state index in [0.29, 0.717) is 5.92 Å². The van der Waals surface area contributed by atoms with Crippen molar-refractivity contribution in [2.75, 3.05) is 0 Å². The minimum Gasteiger partial charge on any atom is -0.135 e. The minimum atomic E-state index is 0.101. The molecule has 0 amide bonds. The third-order valence-electron chi connectivity index (χ3n) is 14.0. The van der Waals surface area contributed by atoms with Gasteiger partial charge in [0.2, 0.25) is 0 Å². The van der Waals surface area contributed by atoms with Crippen molar-refractivity contribution in [3.63, 3.8) is 0 Å². The average molecular weight is 685 g/mol. The Labute approximate surface area is 309 Å². The number of hydrogen-bond donors (Lipinski definition) is 0. The molecule has 3 saturated carbocycles. The van der Waals surface area contributed by atoms with Crippen LogP contribution >= 0.6 is 11.3 Å². The summed E-state index contributed by atoms with van der Waals surface area (Å²) in [6.45, 7) is 0. The van der Waals surface area contributed by atoms with Gasteiger partial charge in [0.25, 0.3) is 0 Å². The standard InChI is InChI=1S/C51H40S/c1-2-9-34-28-38(19-18-32(34)8-1)41-13-4-3-12-40(41)37-11-7-10-35(29-37)36-21-23-42-43-24-25-48-49(44-14-5-6-15-47(44)52-48)50(43)51(46(42)30-36)39-22-20-33-17-16-31(26-39)27-45(33)51/h1-15,18-19,21,23-25,28-31,33,39,45H,16-17,20,22,26-27H2. The fraction of sp³-hybridized carbons (Fsp3) is 0.216. The second-order valence-corrected chi connectivity index (χ2v) is 17.4. The zero-order chi connectivity index (χ0) is 34.0. The number of rotatable bonds is 3. The van der Waals surface area contributed by atoms with Crippen molar-refractivity contribution < 1.29 is 0 Å². The molecule has 1 heterocycles. The molecule has 7 aromatic carbocycles. The molecule has 3 bridgehead atoms. The van der Waals surface area contributed by atoms with Crippen LogP contribution in [-0.2, 0) is 5.41 Å². The van der Waals surface area contributed by atoms with E-state index in [1.165, 1.54) is 109 Å². The Morgan fingerprint density at radius 2 is 1.21 bits per heavy atom. The Morgan fingerprint density at radius 3 is 2.13 bits per heavy atom. The van der Waals surface area contributed by atoms with Gasteiger partial charge < -0.3 is 0 Å². The minimum absolute atomic E-state index is 0.101. The monoisotopic (exact) mass is 684 g/mol. The summed E-state index contributed by atoms with van der Waals surface area (Å²) in [5.74, 6) is 3.20. The number of fused-ring (bicyclic) bond motifs is 9. The molecule has 0 aliphatic heterocycles. The van der Waals surface area contributed by atoms with Gasteiger partial charge in [-0.3, -0.25) is 0 Å². The normalized spacial score (nSPS) is 24.2. The van der Waals surface area contributed by atoms with E-state index >= 15 is 0 Å². The van der Waals surface area contributed by atoms with Gasteiger partial charge in [-0.2, -0.15) is 0 Å². The third-order valence-corrected chi connectivity index (χ3v) is 15.2. The third kappa shape index (κ3) is 4.04. The largest absolute Gasteiger partial charge is 0.135 e.